The van der Waals surface area contributed by atoms with Crippen LogP contribution in [0.1, 0.15) is 32.6 Å². The van der Waals surface area contributed by atoms with Gasteiger partial charge in [0.1, 0.15) is 0 Å². The van der Waals surface area contributed by atoms with E-state index in [1.807, 2.05) is 6.92 Å². The monoisotopic (exact) mass is 306 g/mol. The number of nitrogens with zero attached hydrogens (tertiary/aromatic N) is 1. The quantitative estimate of drug-likeness (QED) is 0.743. The summed E-state index contributed by atoms with van der Waals surface area (Å²) in [5.41, 5.74) is 0. The zero-order valence-electron chi connectivity index (χ0n) is 12.1. The second-order valence-electron chi connectivity index (χ2n) is 5.81. The number of hydrogen-bond donors (Lipinski definition) is 2. The van der Waals surface area contributed by atoms with E-state index in [1.165, 1.54) is 17.1 Å². The SMILES string of the molecule is CC1COC(CO)CN1S(=O)(=O)CCC1CCCCN1. The van der Waals surface area contributed by atoms with Crippen molar-refractivity contribution in [1.82, 2.24) is 9.62 Å². The predicted molar refractivity (Wildman–Crippen MR) is 77.0 cm³/mol. The van der Waals surface area contributed by atoms with Crippen LogP contribution in [0, 0.1) is 0 Å². The summed E-state index contributed by atoms with van der Waals surface area (Å²) >= 11 is 0. The summed E-state index contributed by atoms with van der Waals surface area (Å²) in [4.78, 5) is 0. The van der Waals surface area contributed by atoms with Crippen LogP contribution in [-0.4, -0.2) is 68.1 Å². The fourth-order valence-corrected chi connectivity index (χ4v) is 4.69. The minimum Gasteiger partial charge on any atom is -0.394 e. The highest BCUT2D eigenvalue weighted by molar-refractivity contribution is 7.89. The molecular formula is C13H26N2O4S. The molecule has 2 aliphatic rings. The number of nitrogens with one attached hydrogen (secondary N) is 1. The van der Waals surface area contributed by atoms with E-state index in [9.17, 15) is 8.42 Å². The maximum absolute atomic E-state index is 12.5. The molecule has 0 amide bonds. The zero-order valence-corrected chi connectivity index (χ0v) is 12.9. The smallest absolute Gasteiger partial charge is 0.214 e. The van der Waals surface area contributed by atoms with Gasteiger partial charge < -0.3 is 15.2 Å². The first-order valence-corrected chi connectivity index (χ1v) is 9.09. The number of aliphatic hydroxyl groups excluding tert-OH is 1. The molecule has 6 nitrogen and oxygen atoms in total. The van der Waals surface area contributed by atoms with Crippen LogP contribution in [0.15, 0.2) is 0 Å². The molecule has 0 aliphatic carbocycles. The molecule has 3 atom stereocenters. The average molecular weight is 306 g/mol. The van der Waals surface area contributed by atoms with E-state index in [0.29, 0.717) is 19.1 Å². The van der Waals surface area contributed by atoms with E-state index in [2.05, 4.69) is 5.32 Å². The molecule has 2 rings (SSSR count). The van der Waals surface area contributed by atoms with E-state index in [0.717, 1.165) is 13.0 Å². The minimum atomic E-state index is -3.27. The van der Waals surface area contributed by atoms with Crippen molar-refractivity contribution >= 4 is 10.0 Å². The number of ether oxygens (including phenoxy) is 1. The van der Waals surface area contributed by atoms with E-state index >= 15 is 0 Å². The summed E-state index contributed by atoms with van der Waals surface area (Å²) in [5.74, 6) is 0.174. The molecular weight excluding hydrogens is 280 g/mol. The number of rotatable bonds is 5. The lowest BCUT2D eigenvalue weighted by Crippen LogP contribution is -2.52. The van der Waals surface area contributed by atoms with Gasteiger partial charge in [0.15, 0.2) is 0 Å². The van der Waals surface area contributed by atoms with Crippen LogP contribution in [0.5, 0.6) is 0 Å². The number of morpholine rings is 1. The highest BCUT2D eigenvalue weighted by atomic mass is 32.2. The van der Waals surface area contributed by atoms with Gasteiger partial charge in [-0.1, -0.05) is 6.42 Å². The van der Waals surface area contributed by atoms with Crippen molar-refractivity contribution in [2.75, 3.05) is 32.1 Å². The Morgan fingerprint density at radius 1 is 1.40 bits per heavy atom. The first-order valence-electron chi connectivity index (χ1n) is 7.48. The van der Waals surface area contributed by atoms with Crippen molar-refractivity contribution in [1.29, 1.82) is 0 Å². The Bertz CT molecular complexity index is 395. The van der Waals surface area contributed by atoms with E-state index < -0.39 is 16.1 Å². The standard InChI is InChI=1S/C13H26N2O4S/c1-11-10-19-13(9-16)8-15(11)20(17,18)7-5-12-4-2-3-6-14-12/h11-14,16H,2-10H2,1H3. The Hall–Kier alpha value is -0.210. The molecule has 20 heavy (non-hydrogen) atoms. The summed E-state index contributed by atoms with van der Waals surface area (Å²) in [5, 5.41) is 12.5. The Morgan fingerprint density at radius 2 is 2.20 bits per heavy atom. The van der Waals surface area contributed by atoms with Crippen molar-refractivity contribution in [3.63, 3.8) is 0 Å². The van der Waals surface area contributed by atoms with Crippen LogP contribution >= 0.6 is 0 Å². The number of piperidine rings is 1. The molecule has 0 aromatic heterocycles. The highest BCUT2D eigenvalue weighted by Crippen LogP contribution is 2.18. The maximum atomic E-state index is 12.5. The highest BCUT2D eigenvalue weighted by Gasteiger charge is 2.34. The molecule has 0 radical (unpaired) electrons. The van der Waals surface area contributed by atoms with Crippen LogP contribution in [0.3, 0.4) is 0 Å². The maximum Gasteiger partial charge on any atom is 0.214 e. The summed E-state index contributed by atoms with van der Waals surface area (Å²) in [6.07, 6.45) is 3.69. The van der Waals surface area contributed by atoms with E-state index in [-0.39, 0.29) is 24.9 Å². The second kappa shape index (κ2) is 7.17. The van der Waals surface area contributed by atoms with Gasteiger partial charge in [0.05, 0.1) is 25.1 Å². The van der Waals surface area contributed by atoms with Crippen LogP contribution in [0.4, 0.5) is 0 Å². The third-order valence-electron chi connectivity index (χ3n) is 4.15. The Balaban J connectivity index is 1.90. The van der Waals surface area contributed by atoms with Gasteiger partial charge in [-0.25, -0.2) is 8.42 Å². The third kappa shape index (κ3) is 4.14. The van der Waals surface area contributed by atoms with Crippen LogP contribution in [-0.2, 0) is 14.8 Å². The first kappa shape index (κ1) is 16.2. The number of aliphatic hydroxyl groups is 1. The lowest BCUT2D eigenvalue weighted by Gasteiger charge is -2.36. The fourth-order valence-electron chi connectivity index (χ4n) is 2.87. The van der Waals surface area contributed by atoms with Crippen molar-refractivity contribution < 1.29 is 18.3 Å². The van der Waals surface area contributed by atoms with Gasteiger partial charge in [-0.3, -0.25) is 0 Å². The Kier molecular flexibility index (Phi) is 5.80. The average Bonchev–Trinajstić information content (AvgIpc) is 2.47. The first-order chi connectivity index (χ1) is 9.53. The topological polar surface area (TPSA) is 78.9 Å². The lowest BCUT2D eigenvalue weighted by atomic mass is 10.0. The predicted octanol–water partition coefficient (Wildman–Crippen LogP) is -0.0700. The van der Waals surface area contributed by atoms with Gasteiger partial charge in [0, 0.05) is 18.6 Å². The third-order valence-corrected chi connectivity index (χ3v) is 6.12. The largest absolute Gasteiger partial charge is 0.394 e. The van der Waals surface area contributed by atoms with Gasteiger partial charge in [0.25, 0.3) is 0 Å². The van der Waals surface area contributed by atoms with Crippen LogP contribution < -0.4 is 5.32 Å². The molecule has 2 fully saturated rings. The molecule has 118 valence electrons. The Labute approximate surface area is 121 Å². The van der Waals surface area contributed by atoms with E-state index in [4.69, 9.17) is 9.84 Å². The molecule has 2 saturated heterocycles. The van der Waals surface area contributed by atoms with Crippen LogP contribution in [0.25, 0.3) is 0 Å². The fraction of sp³-hybridized carbons (Fsp3) is 1.00. The summed E-state index contributed by atoms with van der Waals surface area (Å²) in [7, 11) is -3.27. The normalized spacial score (nSPS) is 33.2. The van der Waals surface area contributed by atoms with Crippen molar-refractivity contribution in [2.24, 2.45) is 0 Å². The van der Waals surface area contributed by atoms with Crippen molar-refractivity contribution in [3.8, 4) is 0 Å². The summed E-state index contributed by atoms with van der Waals surface area (Å²) in [6.45, 7) is 3.32. The zero-order chi connectivity index (χ0) is 14.6. The molecule has 0 aromatic rings. The molecule has 0 bridgehead atoms. The molecule has 3 unspecified atom stereocenters. The molecule has 7 heteroatoms. The van der Waals surface area contributed by atoms with Crippen molar-refractivity contribution in [3.05, 3.63) is 0 Å². The summed E-state index contributed by atoms with van der Waals surface area (Å²) in [6, 6.07) is 0.172. The second-order valence-corrected chi connectivity index (χ2v) is 7.85. The van der Waals surface area contributed by atoms with E-state index in [1.54, 1.807) is 0 Å². The molecule has 0 aromatic carbocycles. The molecule has 0 spiro atoms. The van der Waals surface area contributed by atoms with Crippen molar-refractivity contribution in [2.45, 2.75) is 50.8 Å². The molecule has 2 heterocycles. The molecule has 2 aliphatic heterocycles. The molecule has 2 N–H and O–H groups in total. The summed E-state index contributed by atoms with van der Waals surface area (Å²) < 4.78 is 31.8. The molecule has 0 saturated carbocycles. The van der Waals surface area contributed by atoms with Gasteiger partial charge in [-0.05, 0) is 32.7 Å². The number of sulfonamides is 1. The van der Waals surface area contributed by atoms with Crippen LogP contribution in [0.2, 0.25) is 0 Å². The number of hydrogen-bond acceptors (Lipinski definition) is 5. The Morgan fingerprint density at radius 3 is 2.85 bits per heavy atom. The van der Waals surface area contributed by atoms with Gasteiger partial charge in [0.2, 0.25) is 10.0 Å². The lowest BCUT2D eigenvalue weighted by molar-refractivity contribution is -0.0516. The van der Waals surface area contributed by atoms with Gasteiger partial charge in [-0.2, -0.15) is 4.31 Å². The minimum absolute atomic E-state index is 0.136. The van der Waals surface area contributed by atoms with Gasteiger partial charge in [-0.15, -0.1) is 0 Å². The van der Waals surface area contributed by atoms with Gasteiger partial charge >= 0.3 is 0 Å².